The molecule has 1 heterocycles. The zero-order valence-electron chi connectivity index (χ0n) is 22.5. The molecule has 0 radical (unpaired) electrons. The van der Waals surface area contributed by atoms with Crippen LogP contribution in [0, 0.1) is 6.92 Å². The molecular weight excluding hydrogens is 502 g/mol. The van der Waals surface area contributed by atoms with Crippen LogP contribution in [0.2, 0.25) is 0 Å². The van der Waals surface area contributed by atoms with Crippen LogP contribution >= 0.6 is 11.8 Å². The molecule has 0 spiro atoms. The van der Waals surface area contributed by atoms with E-state index >= 15 is 0 Å². The fourth-order valence-electron chi connectivity index (χ4n) is 4.41. The summed E-state index contributed by atoms with van der Waals surface area (Å²) in [7, 11) is 0. The van der Waals surface area contributed by atoms with E-state index in [1.165, 1.54) is 22.7 Å². The Morgan fingerprint density at radius 2 is 1.84 bits per heavy atom. The van der Waals surface area contributed by atoms with Crippen LogP contribution in [0.3, 0.4) is 0 Å². The molecule has 204 valence electrons. The van der Waals surface area contributed by atoms with E-state index in [1.807, 2.05) is 64.1 Å². The number of nitrogens with one attached hydrogen (secondary N) is 2. The van der Waals surface area contributed by atoms with E-state index in [4.69, 9.17) is 0 Å². The van der Waals surface area contributed by atoms with Crippen molar-refractivity contribution >= 4 is 29.5 Å². The molecule has 3 amide bonds. The Morgan fingerprint density at radius 1 is 1.16 bits per heavy atom. The zero-order chi connectivity index (χ0) is 28.0. The molecule has 3 atom stereocenters. The number of aromatic hydroxyl groups is 1. The number of hydrogen-bond donors (Lipinski definition) is 4. The highest BCUT2D eigenvalue weighted by Crippen LogP contribution is 2.40. The van der Waals surface area contributed by atoms with Crippen LogP contribution in [0.25, 0.3) is 0 Å². The summed E-state index contributed by atoms with van der Waals surface area (Å²) in [6.07, 6.45) is 0.505. The first-order chi connectivity index (χ1) is 18.0. The molecule has 9 heteroatoms. The maximum Gasteiger partial charge on any atom is 0.254 e. The number of rotatable bonds is 9. The molecule has 38 heavy (non-hydrogen) atoms. The van der Waals surface area contributed by atoms with Gasteiger partial charge in [-0.25, -0.2) is 0 Å². The number of carbonyl (C=O) groups is 3. The molecule has 0 aliphatic carbocycles. The molecule has 1 fully saturated rings. The van der Waals surface area contributed by atoms with Crippen LogP contribution in [-0.2, 0) is 16.0 Å². The van der Waals surface area contributed by atoms with E-state index in [0.29, 0.717) is 12.1 Å². The lowest BCUT2D eigenvalue weighted by molar-refractivity contribution is -0.147. The first-order valence-corrected chi connectivity index (χ1v) is 13.6. The second-order valence-electron chi connectivity index (χ2n) is 10.1. The summed E-state index contributed by atoms with van der Waals surface area (Å²) in [6.45, 7) is 9.60. The number of benzene rings is 2. The Labute approximate surface area is 228 Å². The SMILES string of the molecule is C/C=C(\C)CNC(=O)[C@H]1N(C(=O)[C@@H](O)[C@H](Cc2ccccc2)NC(=O)c2cccc(O)c2C)CSC1(C)C. The Hall–Kier alpha value is -3.30. The lowest BCUT2D eigenvalue weighted by Gasteiger charge is -2.33. The van der Waals surface area contributed by atoms with Crippen molar-refractivity contribution in [2.75, 3.05) is 12.4 Å². The highest BCUT2D eigenvalue weighted by molar-refractivity contribution is 8.00. The van der Waals surface area contributed by atoms with Crippen LogP contribution < -0.4 is 10.6 Å². The maximum absolute atomic E-state index is 13.7. The highest BCUT2D eigenvalue weighted by Gasteiger charge is 2.49. The summed E-state index contributed by atoms with van der Waals surface area (Å²) < 4.78 is -0.569. The Bertz CT molecular complexity index is 1200. The summed E-state index contributed by atoms with van der Waals surface area (Å²) in [6, 6.07) is 12.1. The number of phenols is 1. The number of aliphatic hydroxyl groups is 1. The minimum atomic E-state index is -1.60. The van der Waals surface area contributed by atoms with Crippen LogP contribution in [-0.4, -0.2) is 68.2 Å². The molecule has 0 unspecified atom stereocenters. The number of phenolic OH excluding ortho intramolecular Hbond substituents is 1. The minimum absolute atomic E-state index is 0.0211. The van der Waals surface area contributed by atoms with Gasteiger partial charge in [0.05, 0.1) is 11.9 Å². The largest absolute Gasteiger partial charge is 0.508 e. The molecule has 2 aromatic rings. The molecule has 4 N–H and O–H groups in total. The van der Waals surface area contributed by atoms with Crippen molar-refractivity contribution in [3.63, 3.8) is 0 Å². The van der Waals surface area contributed by atoms with Gasteiger partial charge < -0.3 is 25.7 Å². The van der Waals surface area contributed by atoms with Gasteiger partial charge in [-0.3, -0.25) is 14.4 Å². The lowest BCUT2D eigenvalue weighted by atomic mass is 9.96. The van der Waals surface area contributed by atoms with Gasteiger partial charge in [0.25, 0.3) is 11.8 Å². The second kappa shape index (κ2) is 12.5. The Kier molecular flexibility index (Phi) is 9.62. The standard InChI is InChI=1S/C29H37N3O5S/c1-6-18(2)16-30-27(36)25-29(4,5)38-17-32(25)28(37)24(34)22(15-20-11-8-7-9-12-20)31-26(35)21-13-10-14-23(33)19(21)3/h6-14,22,24-25,33-34H,15-17H2,1-5H3,(H,30,36)(H,31,35)/b18-6+/t22-,24-,25+/m0/s1. The average molecular weight is 540 g/mol. The number of nitrogens with zero attached hydrogens (tertiary/aromatic N) is 1. The van der Waals surface area contributed by atoms with E-state index in [0.717, 1.165) is 11.1 Å². The van der Waals surface area contributed by atoms with Crippen LogP contribution in [0.4, 0.5) is 0 Å². The van der Waals surface area contributed by atoms with Crippen molar-refractivity contribution in [2.24, 2.45) is 0 Å². The normalized spacial score (nSPS) is 18.5. The number of thioether (sulfide) groups is 1. The number of allylic oxidation sites excluding steroid dienone is 1. The quantitative estimate of drug-likeness (QED) is 0.364. The Balaban J connectivity index is 1.87. The Morgan fingerprint density at radius 3 is 2.50 bits per heavy atom. The summed E-state index contributed by atoms with van der Waals surface area (Å²) in [5.41, 5.74) is 2.46. The van der Waals surface area contributed by atoms with E-state index in [9.17, 15) is 24.6 Å². The van der Waals surface area contributed by atoms with Gasteiger partial charge in [-0.1, -0.05) is 48.0 Å². The van der Waals surface area contributed by atoms with Crippen molar-refractivity contribution < 1.29 is 24.6 Å². The smallest absolute Gasteiger partial charge is 0.254 e. The van der Waals surface area contributed by atoms with E-state index in [2.05, 4.69) is 10.6 Å². The van der Waals surface area contributed by atoms with Crippen molar-refractivity contribution in [1.82, 2.24) is 15.5 Å². The number of amides is 3. The monoisotopic (exact) mass is 539 g/mol. The van der Waals surface area contributed by atoms with Crippen LogP contribution in [0.5, 0.6) is 5.75 Å². The molecule has 3 rings (SSSR count). The van der Waals surface area contributed by atoms with Gasteiger partial charge in [0.15, 0.2) is 6.10 Å². The number of hydrogen-bond acceptors (Lipinski definition) is 6. The predicted molar refractivity (Wildman–Crippen MR) is 150 cm³/mol. The van der Waals surface area contributed by atoms with Crippen molar-refractivity contribution in [3.05, 3.63) is 76.9 Å². The van der Waals surface area contributed by atoms with Crippen LogP contribution in [0.15, 0.2) is 60.2 Å². The van der Waals surface area contributed by atoms with Gasteiger partial charge >= 0.3 is 0 Å². The van der Waals surface area contributed by atoms with E-state index in [1.54, 1.807) is 19.1 Å². The average Bonchev–Trinajstić information content (AvgIpc) is 3.22. The first kappa shape index (κ1) is 29.3. The van der Waals surface area contributed by atoms with Gasteiger partial charge in [-0.05, 0) is 58.7 Å². The maximum atomic E-state index is 13.7. The van der Waals surface area contributed by atoms with Gasteiger partial charge in [-0.2, -0.15) is 0 Å². The number of aliphatic hydroxyl groups excluding tert-OH is 1. The molecule has 0 saturated carbocycles. The van der Waals surface area contributed by atoms with E-state index in [-0.39, 0.29) is 29.5 Å². The van der Waals surface area contributed by atoms with Gasteiger partial charge in [-0.15, -0.1) is 11.8 Å². The predicted octanol–water partition coefficient (Wildman–Crippen LogP) is 3.17. The third kappa shape index (κ3) is 6.76. The lowest BCUT2D eigenvalue weighted by Crippen LogP contribution is -2.58. The minimum Gasteiger partial charge on any atom is -0.508 e. The second-order valence-corrected chi connectivity index (χ2v) is 11.7. The first-order valence-electron chi connectivity index (χ1n) is 12.6. The molecular formula is C29H37N3O5S. The highest BCUT2D eigenvalue weighted by atomic mass is 32.2. The van der Waals surface area contributed by atoms with Crippen LogP contribution in [0.1, 0.15) is 49.2 Å². The third-order valence-corrected chi connectivity index (χ3v) is 8.28. The van der Waals surface area contributed by atoms with Gasteiger partial charge in [0.1, 0.15) is 11.8 Å². The van der Waals surface area contributed by atoms with Crippen molar-refractivity contribution in [2.45, 2.75) is 64.0 Å². The molecule has 1 aliphatic heterocycles. The topological polar surface area (TPSA) is 119 Å². The van der Waals surface area contributed by atoms with Gasteiger partial charge in [0, 0.05) is 22.4 Å². The molecule has 1 aliphatic rings. The molecule has 1 saturated heterocycles. The molecule has 2 aromatic carbocycles. The third-order valence-electron chi connectivity index (χ3n) is 6.91. The molecule has 0 bridgehead atoms. The summed E-state index contributed by atoms with van der Waals surface area (Å²) in [5, 5.41) is 27.1. The van der Waals surface area contributed by atoms with Crippen molar-refractivity contribution in [1.29, 1.82) is 0 Å². The fourth-order valence-corrected chi connectivity index (χ4v) is 5.55. The summed E-state index contributed by atoms with van der Waals surface area (Å²) >= 11 is 1.46. The molecule has 0 aromatic heterocycles. The summed E-state index contributed by atoms with van der Waals surface area (Å²) in [4.78, 5) is 41.5. The number of carbonyl (C=O) groups excluding carboxylic acids is 3. The zero-order valence-corrected chi connectivity index (χ0v) is 23.3. The fraction of sp³-hybridized carbons (Fsp3) is 0.414. The van der Waals surface area contributed by atoms with Crippen molar-refractivity contribution in [3.8, 4) is 5.75 Å². The summed E-state index contributed by atoms with van der Waals surface area (Å²) in [5.74, 6) is -1.22. The van der Waals surface area contributed by atoms with Gasteiger partial charge in [0.2, 0.25) is 5.91 Å². The van der Waals surface area contributed by atoms with E-state index < -0.39 is 34.7 Å². The molecule has 8 nitrogen and oxygen atoms in total.